The molecule has 5 heterocycles. The Hall–Kier alpha value is -3.21. The molecule has 3 aliphatic heterocycles. The van der Waals surface area contributed by atoms with Crippen LogP contribution >= 0.6 is 11.8 Å². The molecule has 0 bridgehead atoms. The summed E-state index contributed by atoms with van der Waals surface area (Å²) in [7, 11) is 0. The van der Waals surface area contributed by atoms with Crippen molar-refractivity contribution in [2.45, 2.75) is 20.3 Å². The minimum atomic E-state index is -0.217. The van der Waals surface area contributed by atoms with Crippen LogP contribution in [0.15, 0.2) is 46.4 Å². The Kier molecular flexibility index (Phi) is 7.18. The average Bonchev–Trinajstić information content (AvgIpc) is 3.53. The molecule has 1 aromatic carbocycles. The standard InChI is InChI=1S/C28H33N7O2S/c1-3-8-32-9-11-33(12-10-32)23-6-4-21(17-20(23)2)24-19-29-26-7-5-22(31-35(24)26)18-25-27(36)30-28(38-25)34-13-15-37-16-14-34/h4-7,17-19H,3,8-16H2,1-2H3. The highest BCUT2D eigenvalue weighted by Gasteiger charge is 2.27. The van der Waals surface area contributed by atoms with Crippen LogP contribution in [0.2, 0.25) is 0 Å². The van der Waals surface area contributed by atoms with Crippen molar-refractivity contribution in [3.8, 4) is 11.3 Å². The molecule has 0 aliphatic carbocycles. The predicted octanol–water partition coefficient (Wildman–Crippen LogP) is 3.54. The number of benzene rings is 1. The minimum Gasteiger partial charge on any atom is -0.378 e. The van der Waals surface area contributed by atoms with Gasteiger partial charge < -0.3 is 14.5 Å². The fourth-order valence-electron chi connectivity index (χ4n) is 5.28. The van der Waals surface area contributed by atoms with Crippen LogP contribution in [0.4, 0.5) is 5.69 Å². The van der Waals surface area contributed by atoms with E-state index in [1.807, 2.05) is 28.9 Å². The van der Waals surface area contributed by atoms with Gasteiger partial charge >= 0.3 is 0 Å². The van der Waals surface area contributed by atoms with Gasteiger partial charge in [0.25, 0.3) is 5.91 Å². The maximum Gasteiger partial charge on any atom is 0.286 e. The van der Waals surface area contributed by atoms with E-state index in [1.165, 1.54) is 36.0 Å². The molecule has 10 heteroatoms. The normalized spacial score (nSPS) is 20.1. The van der Waals surface area contributed by atoms with Crippen molar-refractivity contribution < 1.29 is 9.53 Å². The van der Waals surface area contributed by atoms with E-state index in [1.54, 1.807) is 0 Å². The first-order chi connectivity index (χ1) is 18.6. The lowest BCUT2D eigenvalue weighted by molar-refractivity contribution is -0.113. The highest BCUT2D eigenvalue weighted by atomic mass is 32.2. The smallest absolute Gasteiger partial charge is 0.286 e. The highest BCUT2D eigenvalue weighted by Crippen LogP contribution is 2.31. The third kappa shape index (κ3) is 5.08. The van der Waals surface area contributed by atoms with Crippen LogP contribution in [0, 0.1) is 6.92 Å². The van der Waals surface area contributed by atoms with Gasteiger partial charge in [-0.1, -0.05) is 13.0 Å². The predicted molar refractivity (Wildman–Crippen MR) is 153 cm³/mol. The summed E-state index contributed by atoms with van der Waals surface area (Å²) >= 11 is 1.41. The molecule has 38 heavy (non-hydrogen) atoms. The van der Waals surface area contributed by atoms with Crippen molar-refractivity contribution in [3.05, 3.63) is 52.7 Å². The summed E-state index contributed by atoms with van der Waals surface area (Å²) in [6.07, 6.45) is 4.89. The number of carbonyl (C=O) groups excluding carboxylic acids is 1. The number of rotatable bonds is 5. The number of aryl methyl sites for hydroxylation is 1. The molecule has 1 amide bonds. The number of carbonyl (C=O) groups is 1. The minimum absolute atomic E-state index is 0.217. The number of hydrogen-bond donors (Lipinski definition) is 0. The second kappa shape index (κ2) is 10.9. The molecule has 198 valence electrons. The summed E-state index contributed by atoms with van der Waals surface area (Å²) in [4.78, 5) is 29.2. The SMILES string of the molecule is CCCN1CCN(c2ccc(-c3cnc4ccc(C=C5SC(N6CCOCC6)=NC5=O)nn34)cc2C)CC1. The van der Waals surface area contributed by atoms with Crippen molar-refractivity contribution in [3.63, 3.8) is 0 Å². The molecule has 2 saturated heterocycles. The van der Waals surface area contributed by atoms with Gasteiger partial charge in [0.15, 0.2) is 10.8 Å². The van der Waals surface area contributed by atoms with Crippen LogP contribution in [-0.4, -0.2) is 94.5 Å². The summed E-state index contributed by atoms with van der Waals surface area (Å²) in [5.74, 6) is -0.217. The third-order valence-electron chi connectivity index (χ3n) is 7.30. The summed E-state index contributed by atoms with van der Waals surface area (Å²) in [5, 5.41) is 5.57. The monoisotopic (exact) mass is 531 g/mol. The number of imidazole rings is 1. The summed E-state index contributed by atoms with van der Waals surface area (Å²) in [6, 6.07) is 10.4. The average molecular weight is 532 g/mol. The summed E-state index contributed by atoms with van der Waals surface area (Å²) in [6.45, 7) is 12.8. The lowest BCUT2D eigenvalue weighted by Gasteiger charge is -2.36. The molecule has 6 rings (SSSR count). The van der Waals surface area contributed by atoms with E-state index in [0.29, 0.717) is 23.8 Å². The van der Waals surface area contributed by atoms with E-state index < -0.39 is 0 Å². The van der Waals surface area contributed by atoms with Gasteiger partial charge in [-0.05, 0) is 67.6 Å². The van der Waals surface area contributed by atoms with Gasteiger partial charge in [-0.25, -0.2) is 9.50 Å². The Morgan fingerprint density at radius 3 is 2.61 bits per heavy atom. The number of morpholine rings is 1. The largest absolute Gasteiger partial charge is 0.378 e. The van der Waals surface area contributed by atoms with Crippen LogP contribution in [-0.2, 0) is 9.53 Å². The topological polar surface area (TPSA) is 78.6 Å². The van der Waals surface area contributed by atoms with Gasteiger partial charge in [0.1, 0.15) is 0 Å². The second-order valence-corrected chi connectivity index (χ2v) is 10.9. The Bertz CT molecular complexity index is 1400. The van der Waals surface area contributed by atoms with Crippen molar-refractivity contribution in [2.75, 3.05) is 63.9 Å². The molecule has 0 atom stereocenters. The van der Waals surface area contributed by atoms with Gasteiger partial charge in [0.05, 0.1) is 35.7 Å². The lowest BCUT2D eigenvalue weighted by Crippen LogP contribution is -2.46. The number of amides is 1. The van der Waals surface area contributed by atoms with Gasteiger partial charge in [0, 0.05) is 50.5 Å². The number of piperazine rings is 1. The molecule has 9 nitrogen and oxygen atoms in total. The summed E-state index contributed by atoms with van der Waals surface area (Å²) < 4.78 is 7.28. The Labute approximate surface area is 227 Å². The number of aliphatic imine (C=N–C) groups is 1. The number of thioether (sulfide) groups is 1. The second-order valence-electron chi connectivity index (χ2n) is 9.91. The first-order valence-corrected chi connectivity index (χ1v) is 14.2. The number of aromatic nitrogens is 3. The molecule has 0 unspecified atom stereocenters. The van der Waals surface area contributed by atoms with E-state index in [-0.39, 0.29) is 5.91 Å². The van der Waals surface area contributed by atoms with Crippen LogP contribution < -0.4 is 4.90 Å². The number of nitrogens with zero attached hydrogens (tertiary/aromatic N) is 7. The van der Waals surface area contributed by atoms with Gasteiger partial charge in [-0.2, -0.15) is 10.1 Å². The zero-order chi connectivity index (χ0) is 26.1. The number of fused-ring (bicyclic) bond motifs is 1. The first kappa shape index (κ1) is 25.1. The van der Waals surface area contributed by atoms with Crippen molar-refractivity contribution in [2.24, 2.45) is 4.99 Å². The highest BCUT2D eigenvalue weighted by molar-refractivity contribution is 8.18. The number of amidine groups is 1. The quantitative estimate of drug-likeness (QED) is 0.463. The van der Waals surface area contributed by atoms with E-state index in [4.69, 9.17) is 9.84 Å². The number of hydrogen-bond acceptors (Lipinski definition) is 8. The molecule has 0 N–H and O–H groups in total. The molecule has 3 aromatic rings. The molecule has 2 fully saturated rings. The number of ether oxygens (including phenoxy) is 1. The van der Waals surface area contributed by atoms with Crippen LogP contribution in [0.25, 0.3) is 23.0 Å². The third-order valence-corrected chi connectivity index (χ3v) is 8.34. The Morgan fingerprint density at radius 1 is 1.03 bits per heavy atom. The van der Waals surface area contributed by atoms with Crippen LogP contribution in [0.3, 0.4) is 0 Å². The van der Waals surface area contributed by atoms with Gasteiger partial charge in [0.2, 0.25) is 0 Å². The van der Waals surface area contributed by atoms with E-state index in [9.17, 15) is 4.79 Å². The maximum absolute atomic E-state index is 12.6. The zero-order valence-corrected chi connectivity index (χ0v) is 22.8. The lowest BCUT2D eigenvalue weighted by atomic mass is 10.1. The van der Waals surface area contributed by atoms with Crippen molar-refractivity contribution in [1.82, 2.24) is 24.4 Å². The van der Waals surface area contributed by atoms with E-state index in [0.717, 1.165) is 61.3 Å². The molecule has 0 saturated carbocycles. The van der Waals surface area contributed by atoms with Gasteiger partial charge in [-0.3, -0.25) is 9.69 Å². The van der Waals surface area contributed by atoms with E-state index >= 15 is 0 Å². The fraction of sp³-hybridized carbons (Fsp3) is 0.429. The fourth-order valence-corrected chi connectivity index (χ4v) is 6.23. The van der Waals surface area contributed by atoms with E-state index in [2.05, 4.69) is 56.7 Å². The molecule has 0 radical (unpaired) electrons. The Balaban J connectivity index is 1.22. The molecular formula is C28H33N7O2S. The molecule has 0 spiro atoms. The summed E-state index contributed by atoms with van der Waals surface area (Å²) in [5.41, 5.74) is 6.02. The molecule has 3 aliphatic rings. The first-order valence-electron chi connectivity index (χ1n) is 13.4. The van der Waals surface area contributed by atoms with Gasteiger partial charge in [-0.15, -0.1) is 0 Å². The van der Waals surface area contributed by atoms with Crippen molar-refractivity contribution in [1.29, 1.82) is 0 Å². The number of anilines is 1. The molecular weight excluding hydrogens is 498 g/mol. The maximum atomic E-state index is 12.6. The Morgan fingerprint density at radius 2 is 1.84 bits per heavy atom. The van der Waals surface area contributed by atoms with Crippen LogP contribution in [0.5, 0.6) is 0 Å². The van der Waals surface area contributed by atoms with Crippen molar-refractivity contribution >= 4 is 40.2 Å². The zero-order valence-electron chi connectivity index (χ0n) is 22.0. The molecule has 2 aromatic heterocycles. The van der Waals surface area contributed by atoms with Crippen LogP contribution in [0.1, 0.15) is 24.6 Å².